The van der Waals surface area contributed by atoms with E-state index in [1.807, 2.05) is 12.4 Å². The Morgan fingerprint density at radius 3 is 2.65 bits per heavy atom. The Balaban J connectivity index is 2.52. The lowest BCUT2D eigenvalue weighted by Gasteiger charge is -2.23. The van der Waals surface area contributed by atoms with Crippen LogP contribution in [0, 0.1) is 12.3 Å². The van der Waals surface area contributed by atoms with Crippen molar-refractivity contribution in [2.24, 2.45) is 11.1 Å². The van der Waals surface area contributed by atoms with Gasteiger partial charge in [-0.3, -0.25) is 4.98 Å². The summed E-state index contributed by atoms with van der Waals surface area (Å²) in [6.45, 7) is 7.25. The smallest absolute Gasteiger partial charge is 0.0349 e. The minimum absolute atomic E-state index is 0.144. The molecule has 2 heteroatoms. The molecule has 2 aromatic rings. The number of fused-ring (bicyclic) bond motifs is 1. The minimum Gasteiger partial charge on any atom is -0.330 e. The standard InChI is InChI=1S/C15H20N2/c1-11-4-5-12(8-15(2,3)10-16)13-6-7-17-9-14(11)13/h4-7,9H,8,10,16H2,1-3H3. The van der Waals surface area contributed by atoms with Gasteiger partial charge in [-0.25, -0.2) is 0 Å². The first kappa shape index (κ1) is 12.1. The highest BCUT2D eigenvalue weighted by molar-refractivity contribution is 5.87. The van der Waals surface area contributed by atoms with Crippen LogP contribution in [0.3, 0.4) is 0 Å². The molecule has 2 rings (SSSR count). The lowest BCUT2D eigenvalue weighted by Crippen LogP contribution is -2.26. The van der Waals surface area contributed by atoms with Crippen molar-refractivity contribution >= 4 is 10.8 Å². The topological polar surface area (TPSA) is 38.9 Å². The van der Waals surface area contributed by atoms with Crippen LogP contribution in [0.25, 0.3) is 10.8 Å². The molecule has 0 saturated heterocycles. The highest BCUT2D eigenvalue weighted by Gasteiger charge is 2.17. The van der Waals surface area contributed by atoms with E-state index >= 15 is 0 Å². The Morgan fingerprint density at radius 1 is 1.18 bits per heavy atom. The van der Waals surface area contributed by atoms with Gasteiger partial charge in [-0.05, 0) is 47.9 Å². The van der Waals surface area contributed by atoms with Gasteiger partial charge >= 0.3 is 0 Å². The Bertz CT molecular complexity index is 529. The van der Waals surface area contributed by atoms with Crippen LogP contribution in [0.1, 0.15) is 25.0 Å². The number of nitrogens with two attached hydrogens (primary N) is 1. The number of aromatic nitrogens is 1. The van der Waals surface area contributed by atoms with E-state index in [-0.39, 0.29) is 5.41 Å². The van der Waals surface area contributed by atoms with Gasteiger partial charge in [0, 0.05) is 17.8 Å². The second-order valence-electron chi connectivity index (χ2n) is 5.51. The maximum Gasteiger partial charge on any atom is 0.0349 e. The molecule has 0 aliphatic heterocycles. The summed E-state index contributed by atoms with van der Waals surface area (Å²) in [4.78, 5) is 4.21. The molecule has 17 heavy (non-hydrogen) atoms. The van der Waals surface area contributed by atoms with Crippen LogP contribution in [0.15, 0.2) is 30.6 Å². The van der Waals surface area contributed by atoms with Crippen LogP contribution in [0.2, 0.25) is 0 Å². The molecule has 1 aromatic carbocycles. The van der Waals surface area contributed by atoms with Gasteiger partial charge in [0.15, 0.2) is 0 Å². The molecule has 1 aromatic heterocycles. The average molecular weight is 228 g/mol. The summed E-state index contributed by atoms with van der Waals surface area (Å²) in [7, 11) is 0. The zero-order chi connectivity index (χ0) is 12.5. The predicted octanol–water partition coefficient (Wildman–Crippen LogP) is 3.07. The summed E-state index contributed by atoms with van der Waals surface area (Å²) in [5.74, 6) is 0. The molecule has 0 aliphatic rings. The van der Waals surface area contributed by atoms with Crippen molar-refractivity contribution in [2.45, 2.75) is 27.2 Å². The number of rotatable bonds is 3. The maximum absolute atomic E-state index is 5.82. The van der Waals surface area contributed by atoms with E-state index in [9.17, 15) is 0 Å². The summed E-state index contributed by atoms with van der Waals surface area (Å²) in [6.07, 6.45) is 4.81. The Morgan fingerprint density at radius 2 is 1.94 bits per heavy atom. The molecule has 0 bridgehead atoms. The van der Waals surface area contributed by atoms with E-state index in [0.717, 1.165) is 6.42 Å². The van der Waals surface area contributed by atoms with E-state index in [2.05, 4.69) is 44.0 Å². The number of aryl methyl sites for hydroxylation is 1. The van der Waals surface area contributed by atoms with Gasteiger partial charge in [-0.15, -0.1) is 0 Å². The van der Waals surface area contributed by atoms with E-state index < -0.39 is 0 Å². The van der Waals surface area contributed by atoms with Crippen LogP contribution in [-0.2, 0) is 6.42 Å². The number of benzene rings is 1. The van der Waals surface area contributed by atoms with Gasteiger partial charge in [-0.2, -0.15) is 0 Å². The normalized spacial score (nSPS) is 12.0. The van der Waals surface area contributed by atoms with E-state index in [4.69, 9.17) is 5.73 Å². The van der Waals surface area contributed by atoms with Crippen LogP contribution < -0.4 is 5.73 Å². The van der Waals surface area contributed by atoms with Gasteiger partial charge in [0.05, 0.1) is 0 Å². The molecule has 0 unspecified atom stereocenters. The van der Waals surface area contributed by atoms with Crippen LogP contribution >= 0.6 is 0 Å². The zero-order valence-electron chi connectivity index (χ0n) is 10.8. The van der Waals surface area contributed by atoms with Crippen molar-refractivity contribution in [2.75, 3.05) is 6.54 Å². The summed E-state index contributed by atoms with van der Waals surface area (Å²) in [5, 5.41) is 2.55. The van der Waals surface area contributed by atoms with Crippen LogP contribution in [0.5, 0.6) is 0 Å². The quantitative estimate of drug-likeness (QED) is 0.876. The molecule has 0 amide bonds. The summed E-state index contributed by atoms with van der Waals surface area (Å²) < 4.78 is 0. The van der Waals surface area contributed by atoms with Crippen LogP contribution in [-0.4, -0.2) is 11.5 Å². The largest absolute Gasteiger partial charge is 0.330 e. The third-order valence-electron chi connectivity index (χ3n) is 3.35. The summed E-state index contributed by atoms with van der Waals surface area (Å²) >= 11 is 0. The van der Waals surface area contributed by atoms with Crippen LogP contribution in [0.4, 0.5) is 0 Å². The highest BCUT2D eigenvalue weighted by atomic mass is 14.6. The first-order chi connectivity index (χ1) is 8.03. The van der Waals surface area contributed by atoms with Gasteiger partial charge in [0.25, 0.3) is 0 Å². The SMILES string of the molecule is Cc1ccc(CC(C)(C)CN)c2ccncc12. The van der Waals surface area contributed by atoms with Gasteiger partial charge in [0.2, 0.25) is 0 Å². The van der Waals surface area contributed by atoms with E-state index in [0.29, 0.717) is 6.54 Å². The fourth-order valence-corrected chi connectivity index (χ4v) is 2.14. The Labute approximate surface area is 103 Å². The van der Waals surface area contributed by atoms with Gasteiger partial charge in [0.1, 0.15) is 0 Å². The van der Waals surface area contributed by atoms with E-state index in [1.54, 1.807) is 0 Å². The van der Waals surface area contributed by atoms with Crippen molar-refractivity contribution in [1.82, 2.24) is 4.98 Å². The van der Waals surface area contributed by atoms with Gasteiger partial charge < -0.3 is 5.73 Å². The number of hydrogen-bond acceptors (Lipinski definition) is 2. The van der Waals surface area contributed by atoms with Crippen molar-refractivity contribution in [1.29, 1.82) is 0 Å². The first-order valence-electron chi connectivity index (χ1n) is 6.06. The lowest BCUT2D eigenvalue weighted by atomic mass is 9.84. The summed E-state index contributed by atoms with van der Waals surface area (Å²) in [5.41, 5.74) is 8.60. The zero-order valence-corrected chi connectivity index (χ0v) is 10.8. The molecule has 0 aliphatic carbocycles. The molecule has 2 N–H and O–H groups in total. The third kappa shape index (κ3) is 2.47. The van der Waals surface area contributed by atoms with Crippen molar-refractivity contribution in [3.05, 3.63) is 41.7 Å². The average Bonchev–Trinajstić information content (AvgIpc) is 2.33. The molecule has 0 fully saturated rings. The van der Waals surface area contributed by atoms with Crippen molar-refractivity contribution in [3.8, 4) is 0 Å². The first-order valence-corrected chi connectivity index (χ1v) is 6.06. The second kappa shape index (κ2) is 4.46. The molecule has 0 spiro atoms. The Kier molecular flexibility index (Phi) is 3.16. The Hall–Kier alpha value is -1.41. The molecular weight excluding hydrogens is 208 g/mol. The number of pyridine rings is 1. The minimum atomic E-state index is 0.144. The number of nitrogens with zero attached hydrogens (tertiary/aromatic N) is 1. The molecule has 2 nitrogen and oxygen atoms in total. The van der Waals surface area contributed by atoms with Crippen molar-refractivity contribution in [3.63, 3.8) is 0 Å². The lowest BCUT2D eigenvalue weighted by molar-refractivity contribution is 0.378. The molecule has 0 radical (unpaired) electrons. The predicted molar refractivity (Wildman–Crippen MR) is 73.0 cm³/mol. The van der Waals surface area contributed by atoms with Gasteiger partial charge in [-0.1, -0.05) is 26.0 Å². The molecule has 0 atom stereocenters. The monoisotopic (exact) mass is 228 g/mol. The molecule has 1 heterocycles. The number of hydrogen-bond donors (Lipinski definition) is 1. The van der Waals surface area contributed by atoms with E-state index in [1.165, 1.54) is 21.9 Å². The fourth-order valence-electron chi connectivity index (χ4n) is 2.14. The molecule has 90 valence electrons. The fraction of sp³-hybridized carbons (Fsp3) is 0.400. The maximum atomic E-state index is 5.82. The third-order valence-corrected chi connectivity index (χ3v) is 3.35. The summed E-state index contributed by atoms with van der Waals surface area (Å²) in [6, 6.07) is 6.49. The highest BCUT2D eigenvalue weighted by Crippen LogP contribution is 2.27. The molecular formula is C15H20N2. The second-order valence-corrected chi connectivity index (χ2v) is 5.51. The molecule has 0 saturated carbocycles. The van der Waals surface area contributed by atoms with Crippen molar-refractivity contribution < 1.29 is 0 Å².